The molecular formula is C21H24BrN3O2. The number of ketones is 1. The lowest BCUT2D eigenvalue weighted by molar-refractivity contribution is -0.125. The third kappa shape index (κ3) is 4.00. The van der Waals surface area contributed by atoms with Crippen molar-refractivity contribution in [3.8, 4) is 5.75 Å². The number of rotatable bonds is 5. The molecule has 2 aromatic carbocycles. The van der Waals surface area contributed by atoms with E-state index in [2.05, 4.69) is 26.2 Å². The van der Waals surface area contributed by atoms with Gasteiger partial charge in [0.2, 0.25) is 0 Å². The van der Waals surface area contributed by atoms with Crippen LogP contribution in [0.3, 0.4) is 0 Å². The predicted octanol–water partition coefficient (Wildman–Crippen LogP) is 4.07. The van der Waals surface area contributed by atoms with Crippen molar-refractivity contribution < 1.29 is 9.53 Å². The molecule has 2 atom stereocenters. The Kier molecular flexibility index (Phi) is 5.85. The van der Waals surface area contributed by atoms with Crippen LogP contribution >= 0.6 is 15.9 Å². The number of carbonyl (C=O) groups excluding carboxylic acids is 1. The molecule has 0 aliphatic carbocycles. The third-order valence-electron chi connectivity index (χ3n) is 4.78. The molecule has 1 heterocycles. The number of aliphatic imine (C=N–C) groups is 1. The molecule has 5 nitrogen and oxygen atoms in total. The predicted molar refractivity (Wildman–Crippen MR) is 111 cm³/mol. The number of nitrogens with zero attached hydrogens (tertiary/aromatic N) is 1. The largest absolute Gasteiger partial charge is 0.485 e. The minimum atomic E-state index is -1.00. The Morgan fingerprint density at radius 1 is 1.33 bits per heavy atom. The Morgan fingerprint density at radius 2 is 2.07 bits per heavy atom. The lowest BCUT2D eigenvalue weighted by atomic mass is 9.77. The average Bonchev–Trinajstić information content (AvgIpc) is 2.67. The number of hydrogen-bond acceptors (Lipinski definition) is 3. The highest BCUT2D eigenvalue weighted by Gasteiger charge is 2.46. The lowest BCUT2D eigenvalue weighted by Crippen LogP contribution is -2.56. The number of nitrogens with two attached hydrogens (primary N) is 1. The van der Waals surface area contributed by atoms with E-state index in [1.54, 1.807) is 6.92 Å². The molecular weight excluding hydrogens is 406 g/mol. The molecule has 1 aliphatic rings. The Bertz CT molecular complexity index is 854. The molecule has 0 aromatic heterocycles. The first-order chi connectivity index (χ1) is 13.0. The first kappa shape index (κ1) is 19.4. The van der Waals surface area contributed by atoms with Gasteiger partial charge in [-0.25, -0.2) is 0 Å². The normalized spacial score (nSPS) is 21.9. The Hall–Kier alpha value is -2.34. The molecule has 0 saturated carbocycles. The Balaban J connectivity index is 2.10. The highest BCUT2D eigenvalue weighted by atomic mass is 79.9. The molecule has 0 bridgehead atoms. The van der Waals surface area contributed by atoms with E-state index in [9.17, 15) is 4.79 Å². The summed E-state index contributed by atoms with van der Waals surface area (Å²) in [6.45, 7) is 4.22. The fourth-order valence-electron chi connectivity index (χ4n) is 3.41. The van der Waals surface area contributed by atoms with Crippen molar-refractivity contribution in [2.75, 3.05) is 6.54 Å². The van der Waals surface area contributed by atoms with Gasteiger partial charge in [0.05, 0.1) is 0 Å². The van der Waals surface area contributed by atoms with E-state index in [1.807, 2.05) is 55.5 Å². The molecule has 3 N–H and O–H groups in total. The second kappa shape index (κ2) is 8.13. The summed E-state index contributed by atoms with van der Waals surface area (Å²) in [7, 11) is 0. The van der Waals surface area contributed by atoms with Gasteiger partial charge >= 0.3 is 0 Å². The third-order valence-corrected chi connectivity index (χ3v) is 5.28. The number of halogens is 1. The van der Waals surface area contributed by atoms with Gasteiger partial charge in [0.15, 0.2) is 11.7 Å². The maximum Gasteiger partial charge on any atom is 0.189 e. The molecule has 0 spiro atoms. The van der Waals surface area contributed by atoms with Crippen LogP contribution in [-0.2, 0) is 10.3 Å². The smallest absolute Gasteiger partial charge is 0.189 e. The second-order valence-electron chi connectivity index (χ2n) is 6.72. The minimum absolute atomic E-state index is 0.0271. The van der Waals surface area contributed by atoms with E-state index in [-0.39, 0.29) is 17.8 Å². The zero-order valence-corrected chi connectivity index (χ0v) is 17.1. The highest BCUT2D eigenvalue weighted by molar-refractivity contribution is 9.10. The number of ether oxygens (including phenoxy) is 1. The zero-order chi connectivity index (χ0) is 19.4. The molecule has 6 heteroatoms. The van der Waals surface area contributed by atoms with Crippen LogP contribution in [0.25, 0.3) is 0 Å². The molecule has 2 aromatic rings. The molecule has 0 radical (unpaired) electrons. The summed E-state index contributed by atoms with van der Waals surface area (Å²) in [4.78, 5) is 17.3. The molecule has 0 unspecified atom stereocenters. The van der Waals surface area contributed by atoms with E-state index in [4.69, 9.17) is 10.5 Å². The van der Waals surface area contributed by atoms with Crippen LogP contribution in [0.2, 0.25) is 0 Å². The fraction of sp³-hybridized carbons (Fsp3) is 0.333. The number of benzene rings is 2. The lowest BCUT2D eigenvalue weighted by Gasteiger charge is -2.41. The standard InChI is InChI=1S/C21H24BrN3O2/c1-3-11-24-20(23)25-21(14(2)26)13-19(15-7-5-4-6-8-15)27-18-10-9-16(22)12-17(18)21/h4-10,12,19H,3,11,13H2,1-2H3,(H3,23,24,25)/t19-,21-/m1/s1. The monoisotopic (exact) mass is 429 g/mol. The number of fused-ring (bicyclic) bond motifs is 1. The molecule has 3 rings (SSSR count). The van der Waals surface area contributed by atoms with E-state index in [0.717, 1.165) is 22.0 Å². The van der Waals surface area contributed by atoms with Crippen molar-refractivity contribution in [1.29, 1.82) is 0 Å². The Morgan fingerprint density at radius 3 is 2.74 bits per heavy atom. The van der Waals surface area contributed by atoms with Gasteiger partial charge in [-0.15, -0.1) is 0 Å². The van der Waals surface area contributed by atoms with Gasteiger partial charge in [-0.2, -0.15) is 0 Å². The van der Waals surface area contributed by atoms with Crippen LogP contribution in [0.15, 0.2) is 58.0 Å². The SMILES string of the molecule is CCCN=C(N)N[C@@]1(C(C)=O)C[C@H](c2ccccc2)Oc2ccc(Br)cc21. The maximum atomic E-state index is 12.9. The van der Waals surface area contributed by atoms with Crippen LogP contribution in [-0.4, -0.2) is 18.3 Å². The first-order valence-corrected chi connectivity index (χ1v) is 9.86. The highest BCUT2D eigenvalue weighted by Crippen LogP contribution is 2.46. The van der Waals surface area contributed by atoms with Crippen LogP contribution in [0.4, 0.5) is 0 Å². The van der Waals surface area contributed by atoms with Gasteiger partial charge in [-0.3, -0.25) is 9.79 Å². The molecule has 1 aliphatic heterocycles. The molecule has 27 heavy (non-hydrogen) atoms. The summed E-state index contributed by atoms with van der Waals surface area (Å²) >= 11 is 3.50. The van der Waals surface area contributed by atoms with Gasteiger partial charge in [-0.1, -0.05) is 53.2 Å². The first-order valence-electron chi connectivity index (χ1n) is 9.07. The summed E-state index contributed by atoms with van der Waals surface area (Å²) in [6.07, 6.45) is 1.04. The van der Waals surface area contributed by atoms with Crippen molar-refractivity contribution >= 4 is 27.7 Å². The van der Waals surface area contributed by atoms with Crippen LogP contribution in [0, 0.1) is 0 Å². The average molecular weight is 430 g/mol. The van der Waals surface area contributed by atoms with E-state index in [1.165, 1.54) is 0 Å². The summed E-state index contributed by atoms with van der Waals surface area (Å²) in [5.74, 6) is 0.914. The zero-order valence-electron chi connectivity index (χ0n) is 15.5. The van der Waals surface area contributed by atoms with Gasteiger partial charge in [0.25, 0.3) is 0 Å². The van der Waals surface area contributed by atoms with E-state index >= 15 is 0 Å². The van der Waals surface area contributed by atoms with Gasteiger partial charge in [-0.05, 0) is 37.1 Å². The molecule has 0 amide bonds. The number of Topliss-reactive ketones (excluding diaryl/α,β-unsaturated/α-hetero) is 1. The molecule has 142 valence electrons. The van der Waals surface area contributed by atoms with E-state index < -0.39 is 5.54 Å². The second-order valence-corrected chi connectivity index (χ2v) is 7.63. The molecule has 0 fully saturated rings. The quantitative estimate of drug-likeness (QED) is 0.554. The summed E-state index contributed by atoms with van der Waals surface area (Å²) in [5.41, 5.74) is 6.91. The van der Waals surface area contributed by atoms with Crippen molar-refractivity contribution in [1.82, 2.24) is 5.32 Å². The number of guanidine groups is 1. The fourth-order valence-corrected chi connectivity index (χ4v) is 3.77. The number of nitrogens with one attached hydrogen (secondary N) is 1. The van der Waals surface area contributed by atoms with Gasteiger partial charge in [0, 0.05) is 23.0 Å². The van der Waals surface area contributed by atoms with Crippen LogP contribution in [0.1, 0.15) is 43.9 Å². The van der Waals surface area contributed by atoms with Gasteiger partial charge in [0.1, 0.15) is 17.4 Å². The maximum absolute atomic E-state index is 12.9. The van der Waals surface area contributed by atoms with Crippen LogP contribution < -0.4 is 15.8 Å². The van der Waals surface area contributed by atoms with Crippen molar-refractivity contribution in [2.24, 2.45) is 10.7 Å². The van der Waals surface area contributed by atoms with E-state index in [0.29, 0.717) is 18.7 Å². The Labute approximate surface area is 168 Å². The summed E-state index contributed by atoms with van der Waals surface area (Å²) in [5, 5.41) is 3.23. The van der Waals surface area contributed by atoms with Crippen LogP contribution in [0.5, 0.6) is 5.75 Å². The number of carbonyl (C=O) groups is 1. The van der Waals surface area contributed by atoms with Crippen molar-refractivity contribution in [2.45, 2.75) is 38.3 Å². The number of hydrogen-bond donors (Lipinski definition) is 2. The van der Waals surface area contributed by atoms with Crippen molar-refractivity contribution in [3.63, 3.8) is 0 Å². The summed E-state index contributed by atoms with van der Waals surface area (Å²) in [6, 6.07) is 15.6. The summed E-state index contributed by atoms with van der Waals surface area (Å²) < 4.78 is 7.12. The topological polar surface area (TPSA) is 76.7 Å². The molecule has 0 saturated heterocycles. The van der Waals surface area contributed by atoms with Crippen molar-refractivity contribution in [3.05, 3.63) is 64.1 Å². The minimum Gasteiger partial charge on any atom is -0.485 e. The van der Waals surface area contributed by atoms with Gasteiger partial charge < -0.3 is 15.8 Å².